The monoisotopic (exact) mass is 391 g/mol. The van der Waals surface area contributed by atoms with Crippen molar-refractivity contribution in [3.63, 3.8) is 0 Å². The molecule has 0 bridgehead atoms. The van der Waals surface area contributed by atoms with Gasteiger partial charge >= 0.3 is 0 Å². The van der Waals surface area contributed by atoms with Gasteiger partial charge in [0, 0.05) is 12.0 Å². The highest BCUT2D eigenvalue weighted by Crippen LogP contribution is 2.39. The fourth-order valence-electron chi connectivity index (χ4n) is 3.90. The van der Waals surface area contributed by atoms with Crippen molar-refractivity contribution in [2.24, 2.45) is 29.4 Å². The minimum Gasteiger partial charge on any atom is -0.497 e. The first-order chi connectivity index (χ1) is 13.3. The Morgan fingerprint density at radius 3 is 2.57 bits per heavy atom. The number of nitrogens with two attached hydrogens (primary N) is 1. The lowest BCUT2D eigenvalue weighted by Gasteiger charge is -2.36. The smallest absolute Gasteiger partial charge is 0.243 e. The summed E-state index contributed by atoms with van der Waals surface area (Å²) in [6, 6.07) is 4.01. The van der Waals surface area contributed by atoms with Crippen LogP contribution in [0.15, 0.2) is 18.2 Å². The number of benzene rings is 1. The third-order valence-electron chi connectivity index (χ3n) is 5.63. The van der Waals surface area contributed by atoms with E-state index in [1.807, 2.05) is 0 Å². The van der Waals surface area contributed by atoms with Crippen LogP contribution in [0.25, 0.3) is 0 Å². The zero-order chi connectivity index (χ0) is 20.8. The van der Waals surface area contributed by atoms with Crippen molar-refractivity contribution in [1.29, 1.82) is 0 Å². The van der Waals surface area contributed by atoms with Crippen molar-refractivity contribution in [3.8, 4) is 5.75 Å². The Balaban J connectivity index is 2.23. The van der Waals surface area contributed by atoms with Crippen molar-refractivity contribution in [2.75, 3.05) is 24.4 Å². The molecule has 0 unspecified atom stereocenters. The largest absolute Gasteiger partial charge is 0.497 e. The van der Waals surface area contributed by atoms with Crippen LogP contribution >= 0.6 is 0 Å². The van der Waals surface area contributed by atoms with Gasteiger partial charge in [0.1, 0.15) is 11.8 Å². The number of hydrogen-bond donors (Lipinski definition) is 4. The van der Waals surface area contributed by atoms with E-state index < -0.39 is 18.6 Å². The number of carbonyl (C=O) groups is 2. The molecule has 4 atom stereocenters. The van der Waals surface area contributed by atoms with E-state index in [2.05, 4.69) is 31.4 Å². The molecule has 1 aromatic carbocycles. The number of carbonyl (C=O) groups excluding carboxylic acids is 2. The molecule has 1 aliphatic carbocycles. The van der Waals surface area contributed by atoms with E-state index in [1.54, 1.807) is 18.2 Å². The van der Waals surface area contributed by atoms with Crippen LogP contribution in [0, 0.1) is 23.7 Å². The molecule has 1 fully saturated rings. The number of rotatable bonds is 7. The lowest BCUT2D eigenvalue weighted by molar-refractivity contribution is -0.124. The van der Waals surface area contributed by atoms with E-state index in [9.17, 15) is 9.59 Å². The molecular weight excluding hydrogens is 358 g/mol. The fraction of sp³-hybridized carbons (Fsp3) is 0.619. The number of anilines is 2. The maximum absolute atomic E-state index is 13.1. The van der Waals surface area contributed by atoms with E-state index in [4.69, 9.17) is 15.6 Å². The SMILES string of the molecule is COc1ccc(NC(=O)[C@@H]2C[C@H](C)CC[C@H]2C(C)C)c(NC(=O)[C@H](N)CO)c1. The van der Waals surface area contributed by atoms with Crippen molar-refractivity contribution in [2.45, 2.75) is 46.1 Å². The average molecular weight is 392 g/mol. The van der Waals surface area contributed by atoms with Crippen molar-refractivity contribution in [1.82, 2.24) is 0 Å². The molecule has 7 heteroatoms. The van der Waals surface area contributed by atoms with Crippen LogP contribution in [0.5, 0.6) is 5.75 Å². The Labute approximate surface area is 167 Å². The Hall–Kier alpha value is -2.12. The molecular formula is C21H33N3O4. The first-order valence-corrected chi connectivity index (χ1v) is 9.93. The minimum absolute atomic E-state index is 0.0302. The molecule has 1 saturated carbocycles. The number of nitrogens with one attached hydrogen (secondary N) is 2. The Bertz CT molecular complexity index is 692. The molecule has 7 nitrogen and oxygen atoms in total. The highest BCUT2D eigenvalue weighted by molar-refractivity contribution is 6.02. The number of ether oxygens (including phenoxy) is 1. The van der Waals surface area contributed by atoms with E-state index in [1.165, 1.54) is 7.11 Å². The molecule has 2 amide bonds. The second-order valence-corrected chi connectivity index (χ2v) is 8.11. The summed E-state index contributed by atoms with van der Waals surface area (Å²) in [7, 11) is 1.52. The van der Waals surface area contributed by atoms with Gasteiger partial charge in [-0.1, -0.05) is 27.2 Å². The third-order valence-corrected chi connectivity index (χ3v) is 5.63. The molecule has 1 aliphatic rings. The van der Waals surface area contributed by atoms with Gasteiger partial charge in [0.05, 0.1) is 25.1 Å². The Morgan fingerprint density at radius 2 is 1.96 bits per heavy atom. The van der Waals surface area contributed by atoms with Crippen molar-refractivity contribution < 1.29 is 19.4 Å². The summed E-state index contributed by atoms with van der Waals surface area (Å²) in [6.07, 6.45) is 3.06. The number of amides is 2. The van der Waals surface area contributed by atoms with Gasteiger partial charge in [-0.05, 0) is 42.7 Å². The van der Waals surface area contributed by atoms with Crippen LogP contribution in [0.1, 0.15) is 40.0 Å². The average Bonchev–Trinajstić information content (AvgIpc) is 2.67. The first kappa shape index (κ1) is 22.2. The van der Waals surface area contributed by atoms with Gasteiger partial charge in [-0.15, -0.1) is 0 Å². The molecule has 156 valence electrons. The van der Waals surface area contributed by atoms with Crippen LogP contribution in [-0.2, 0) is 9.59 Å². The number of aliphatic hydroxyl groups is 1. The molecule has 0 heterocycles. The third kappa shape index (κ3) is 5.45. The number of hydrogen-bond acceptors (Lipinski definition) is 5. The zero-order valence-corrected chi connectivity index (χ0v) is 17.2. The van der Waals surface area contributed by atoms with Gasteiger partial charge in [0.2, 0.25) is 11.8 Å². The topological polar surface area (TPSA) is 114 Å². The van der Waals surface area contributed by atoms with E-state index in [0.29, 0.717) is 34.9 Å². The van der Waals surface area contributed by atoms with Crippen LogP contribution in [0.2, 0.25) is 0 Å². The highest BCUT2D eigenvalue weighted by atomic mass is 16.5. The maximum atomic E-state index is 13.1. The summed E-state index contributed by atoms with van der Waals surface area (Å²) in [4.78, 5) is 25.2. The van der Waals surface area contributed by atoms with Gasteiger partial charge in [-0.25, -0.2) is 0 Å². The summed E-state index contributed by atoms with van der Waals surface area (Å²) in [5.74, 6) is 1.21. The fourth-order valence-corrected chi connectivity index (χ4v) is 3.90. The second kappa shape index (κ2) is 9.89. The van der Waals surface area contributed by atoms with Gasteiger partial charge in [0.25, 0.3) is 0 Å². The van der Waals surface area contributed by atoms with Crippen LogP contribution < -0.4 is 21.1 Å². The van der Waals surface area contributed by atoms with Gasteiger partial charge in [-0.3, -0.25) is 9.59 Å². The first-order valence-electron chi connectivity index (χ1n) is 9.93. The van der Waals surface area contributed by atoms with E-state index in [-0.39, 0.29) is 11.8 Å². The molecule has 0 spiro atoms. The zero-order valence-electron chi connectivity index (χ0n) is 17.2. The van der Waals surface area contributed by atoms with Crippen molar-refractivity contribution in [3.05, 3.63) is 18.2 Å². The number of methoxy groups -OCH3 is 1. The molecule has 0 aromatic heterocycles. The molecule has 0 radical (unpaired) electrons. The molecule has 0 saturated heterocycles. The molecule has 2 rings (SSSR count). The molecule has 5 N–H and O–H groups in total. The van der Waals surface area contributed by atoms with Gasteiger partial charge < -0.3 is 26.2 Å². The highest BCUT2D eigenvalue weighted by Gasteiger charge is 2.35. The maximum Gasteiger partial charge on any atom is 0.243 e. The van der Waals surface area contributed by atoms with Gasteiger partial charge in [-0.2, -0.15) is 0 Å². The Morgan fingerprint density at radius 1 is 1.25 bits per heavy atom. The van der Waals surface area contributed by atoms with Gasteiger partial charge in [0.15, 0.2) is 0 Å². The molecule has 0 aliphatic heterocycles. The lowest BCUT2D eigenvalue weighted by Crippen LogP contribution is -2.39. The van der Waals surface area contributed by atoms with E-state index in [0.717, 1.165) is 19.3 Å². The predicted molar refractivity (Wildman–Crippen MR) is 110 cm³/mol. The van der Waals surface area contributed by atoms with Crippen LogP contribution in [-0.4, -0.2) is 36.7 Å². The summed E-state index contributed by atoms with van der Waals surface area (Å²) in [5.41, 5.74) is 6.47. The van der Waals surface area contributed by atoms with Crippen LogP contribution in [0.4, 0.5) is 11.4 Å². The summed E-state index contributed by atoms with van der Waals surface area (Å²) >= 11 is 0. The molecule has 28 heavy (non-hydrogen) atoms. The summed E-state index contributed by atoms with van der Waals surface area (Å²) in [6.45, 7) is 6.05. The quantitative estimate of drug-likeness (QED) is 0.570. The van der Waals surface area contributed by atoms with Crippen LogP contribution in [0.3, 0.4) is 0 Å². The molecule has 1 aromatic rings. The predicted octanol–water partition coefficient (Wildman–Crippen LogP) is 2.60. The standard InChI is InChI=1S/C21H33N3O4/c1-12(2)15-7-5-13(3)9-16(15)20(26)23-18-8-6-14(28-4)10-19(18)24-21(27)17(22)11-25/h6,8,10,12-13,15-17,25H,5,7,9,11,22H2,1-4H3,(H,23,26)(H,24,27)/t13-,15+,16-,17-/m1/s1. The summed E-state index contributed by atoms with van der Waals surface area (Å²) < 4.78 is 5.22. The Kier molecular flexibility index (Phi) is 7.83. The van der Waals surface area contributed by atoms with Crippen molar-refractivity contribution >= 4 is 23.2 Å². The minimum atomic E-state index is -1.04. The number of aliphatic hydroxyl groups excluding tert-OH is 1. The second-order valence-electron chi connectivity index (χ2n) is 8.11. The normalized spacial score (nSPS) is 23.2. The summed E-state index contributed by atoms with van der Waals surface area (Å²) in [5, 5.41) is 14.7. The van der Waals surface area contributed by atoms with E-state index >= 15 is 0 Å². The lowest BCUT2D eigenvalue weighted by atomic mass is 9.70.